The van der Waals surface area contributed by atoms with E-state index in [-0.39, 0.29) is 6.54 Å². The van der Waals surface area contributed by atoms with Gasteiger partial charge in [-0.15, -0.1) is 0 Å². The fourth-order valence-corrected chi connectivity index (χ4v) is 3.66. The van der Waals surface area contributed by atoms with E-state index in [9.17, 15) is 15.3 Å². The maximum atomic E-state index is 10.3. The molecule has 4 atom stereocenters. The number of anilines is 2. The van der Waals surface area contributed by atoms with E-state index in [0.29, 0.717) is 11.4 Å². The number of nitrogens with two attached hydrogens (primary N) is 2. The molecule has 0 amide bonds. The molecule has 34 heavy (non-hydrogen) atoms. The molecule has 0 heterocycles. The van der Waals surface area contributed by atoms with Crippen molar-refractivity contribution in [1.82, 2.24) is 0 Å². The predicted octanol–water partition coefficient (Wildman–Crippen LogP) is -0.448. The third kappa shape index (κ3) is 6.19. The molecule has 3 rings (SSSR count). The van der Waals surface area contributed by atoms with Gasteiger partial charge < -0.3 is 36.6 Å². The molecule has 0 aromatic heterocycles. The predicted molar refractivity (Wildman–Crippen MR) is 132 cm³/mol. The summed E-state index contributed by atoms with van der Waals surface area (Å²) in [5.41, 5.74) is 17.8. The molecule has 1 aliphatic rings. The summed E-state index contributed by atoms with van der Waals surface area (Å²) in [4.78, 5) is 3.05. The summed E-state index contributed by atoms with van der Waals surface area (Å²) in [6, 6.07) is 15.3. The minimum Gasteiger partial charge on any atom is -0.399 e. The van der Waals surface area contributed by atoms with E-state index in [1.54, 1.807) is 0 Å². The van der Waals surface area contributed by atoms with Crippen molar-refractivity contribution in [3.05, 3.63) is 96.6 Å². The quantitative estimate of drug-likeness (QED) is 0.247. The van der Waals surface area contributed by atoms with Crippen LogP contribution in [0.3, 0.4) is 0 Å². The van der Waals surface area contributed by atoms with Gasteiger partial charge >= 0.3 is 0 Å². The Kier molecular flexibility index (Phi) is 8.75. The molecule has 4 unspecified atom stereocenters. The van der Waals surface area contributed by atoms with Gasteiger partial charge in [-0.2, -0.15) is 0 Å². The SMILES string of the molecule is [CH2]OC(C(O)CO)C(O)C(O)C[NH+]=C1C=CC(=C(c2ccc(N)cc2)c2ccc(N)cc2)C=C1. The second kappa shape index (κ2) is 11.7. The molecule has 1 aliphatic carbocycles. The van der Waals surface area contributed by atoms with E-state index >= 15 is 0 Å². The van der Waals surface area contributed by atoms with Crippen LogP contribution in [0.5, 0.6) is 0 Å². The minimum atomic E-state index is -1.44. The lowest BCUT2D eigenvalue weighted by Crippen LogP contribution is -2.76. The topological polar surface area (TPSA) is 156 Å². The van der Waals surface area contributed by atoms with Crippen LogP contribution in [0.2, 0.25) is 0 Å². The molecule has 0 fully saturated rings. The average molecular weight is 466 g/mol. The number of rotatable bonds is 9. The van der Waals surface area contributed by atoms with Crippen LogP contribution in [-0.2, 0) is 4.74 Å². The summed E-state index contributed by atoms with van der Waals surface area (Å²) < 4.78 is 4.76. The van der Waals surface area contributed by atoms with Gasteiger partial charge in [0.05, 0.1) is 13.7 Å². The van der Waals surface area contributed by atoms with Crippen LogP contribution in [-0.4, -0.2) is 63.7 Å². The first-order chi connectivity index (χ1) is 16.3. The first-order valence-corrected chi connectivity index (χ1v) is 10.8. The first kappa shape index (κ1) is 25.4. The molecule has 0 aliphatic heterocycles. The number of aliphatic hydroxyl groups excluding tert-OH is 4. The molecular formula is C26H31N3O5+. The van der Waals surface area contributed by atoms with E-state index in [2.05, 4.69) is 12.1 Å². The molecule has 2 aromatic carbocycles. The Morgan fingerprint density at radius 3 is 1.76 bits per heavy atom. The highest BCUT2D eigenvalue weighted by Gasteiger charge is 2.33. The van der Waals surface area contributed by atoms with E-state index in [1.165, 1.54) is 0 Å². The lowest BCUT2D eigenvalue weighted by atomic mass is 9.90. The number of benzene rings is 2. The number of hydrogen-bond acceptors (Lipinski definition) is 7. The smallest absolute Gasteiger partial charge is 0.198 e. The van der Waals surface area contributed by atoms with Crippen molar-refractivity contribution in [2.24, 2.45) is 0 Å². The summed E-state index contributed by atoms with van der Waals surface area (Å²) in [6.07, 6.45) is 2.33. The van der Waals surface area contributed by atoms with Gasteiger partial charge in [-0.3, -0.25) is 0 Å². The Morgan fingerprint density at radius 2 is 1.32 bits per heavy atom. The molecule has 0 saturated heterocycles. The number of aliphatic hydroxyl groups is 4. The van der Waals surface area contributed by atoms with Gasteiger partial charge in [0.1, 0.15) is 24.4 Å². The summed E-state index contributed by atoms with van der Waals surface area (Å²) in [6.45, 7) is -0.634. The fourth-order valence-electron chi connectivity index (χ4n) is 3.66. The summed E-state index contributed by atoms with van der Waals surface area (Å²) in [5, 5.41) is 39.2. The number of ether oxygens (including phenoxy) is 1. The van der Waals surface area contributed by atoms with Gasteiger partial charge in [0.25, 0.3) is 0 Å². The van der Waals surface area contributed by atoms with E-state index in [1.807, 2.05) is 72.8 Å². The number of nitrogen functional groups attached to an aromatic ring is 2. The second-order valence-corrected chi connectivity index (χ2v) is 8.02. The Balaban J connectivity index is 1.82. The van der Waals surface area contributed by atoms with Crippen LogP contribution < -0.4 is 16.5 Å². The van der Waals surface area contributed by atoms with E-state index < -0.39 is 31.0 Å². The monoisotopic (exact) mass is 465 g/mol. The molecule has 9 N–H and O–H groups in total. The zero-order chi connectivity index (χ0) is 24.7. The largest absolute Gasteiger partial charge is 0.399 e. The summed E-state index contributed by atoms with van der Waals surface area (Å²) in [5.74, 6) is 0. The van der Waals surface area contributed by atoms with Crippen molar-refractivity contribution in [3.8, 4) is 0 Å². The normalized spacial score (nSPS) is 16.7. The molecule has 8 heteroatoms. The van der Waals surface area contributed by atoms with Crippen molar-refractivity contribution >= 4 is 22.7 Å². The van der Waals surface area contributed by atoms with Gasteiger partial charge in [-0.05, 0) is 58.7 Å². The van der Waals surface area contributed by atoms with Crippen molar-refractivity contribution in [2.45, 2.75) is 24.4 Å². The molecule has 179 valence electrons. The zero-order valence-electron chi connectivity index (χ0n) is 18.7. The van der Waals surface area contributed by atoms with Crippen LogP contribution in [0, 0.1) is 7.11 Å². The van der Waals surface area contributed by atoms with Crippen molar-refractivity contribution in [3.63, 3.8) is 0 Å². The lowest BCUT2D eigenvalue weighted by Gasteiger charge is -2.26. The highest BCUT2D eigenvalue weighted by atomic mass is 16.5. The fraction of sp³-hybridized carbons (Fsp3) is 0.231. The van der Waals surface area contributed by atoms with Crippen molar-refractivity contribution in [1.29, 1.82) is 0 Å². The molecule has 0 bridgehead atoms. The molecule has 1 radical (unpaired) electrons. The van der Waals surface area contributed by atoms with Crippen LogP contribution in [0.1, 0.15) is 11.1 Å². The maximum absolute atomic E-state index is 10.3. The van der Waals surface area contributed by atoms with Crippen LogP contribution in [0.25, 0.3) is 5.57 Å². The Hall–Kier alpha value is -3.27. The van der Waals surface area contributed by atoms with Gasteiger partial charge in [0.15, 0.2) is 12.3 Å². The van der Waals surface area contributed by atoms with Gasteiger partial charge in [-0.25, -0.2) is 4.99 Å². The standard InChI is InChI=1S/C26H30N3O5/c1-34-26(23(32)15-30)25(33)22(31)14-29-21-12-6-18(7-13-21)24(16-2-8-19(27)9-3-16)17-4-10-20(28)11-5-17/h2-13,22-23,25-26,30-33H,1,14-15,27-28H2/p+1. The minimum absolute atomic E-state index is 0.00891. The molecular weight excluding hydrogens is 434 g/mol. The molecule has 8 nitrogen and oxygen atoms in total. The maximum Gasteiger partial charge on any atom is 0.198 e. The van der Waals surface area contributed by atoms with E-state index in [4.69, 9.17) is 21.3 Å². The third-order valence-electron chi connectivity index (χ3n) is 5.58. The van der Waals surface area contributed by atoms with Crippen LogP contribution >= 0.6 is 0 Å². The van der Waals surface area contributed by atoms with Crippen LogP contribution in [0.15, 0.2) is 78.4 Å². The number of nitrogens with one attached hydrogen (secondary N) is 1. The number of hydrogen-bond donors (Lipinski definition) is 7. The average Bonchev–Trinajstić information content (AvgIpc) is 2.86. The second-order valence-electron chi connectivity index (χ2n) is 8.02. The zero-order valence-corrected chi connectivity index (χ0v) is 18.7. The van der Waals surface area contributed by atoms with Gasteiger partial charge in [0, 0.05) is 23.5 Å². The Morgan fingerprint density at radius 1 is 0.824 bits per heavy atom. The Bertz CT molecular complexity index is 1010. The van der Waals surface area contributed by atoms with Crippen LogP contribution in [0.4, 0.5) is 11.4 Å². The molecule has 2 aromatic rings. The van der Waals surface area contributed by atoms with Crippen molar-refractivity contribution in [2.75, 3.05) is 24.6 Å². The summed E-state index contributed by atoms with van der Waals surface area (Å²) in [7, 11) is 3.18. The molecule has 0 spiro atoms. The lowest BCUT2D eigenvalue weighted by molar-refractivity contribution is -0.471. The van der Waals surface area contributed by atoms with Gasteiger partial charge in [-0.1, -0.05) is 24.3 Å². The van der Waals surface area contributed by atoms with Gasteiger partial charge in [0.2, 0.25) is 0 Å². The van der Waals surface area contributed by atoms with E-state index in [0.717, 1.165) is 28.0 Å². The number of allylic oxidation sites excluding steroid dienone is 5. The van der Waals surface area contributed by atoms with Crippen molar-refractivity contribution < 1.29 is 30.2 Å². The first-order valence-electron chi connectivity index (χ1n) is 10.8. The highest BCUT2D eigenvalue weighted by Crippen LogP contribution is 2.30. The summed E-state index contributed by atoms with van der Waals surface area (Å²) >= 11 is 0. The molecule has 0 saturated carbocycles. The third-order valence-corrected chi connectivity index (χ3v) is 5.58. The highest BCUT2D eigenvalue weighted by molar-refractivity contribution is 6.03. The Labute approximate surface area is 198 Å².